The van der Waals surface area contributed by atoms with Crippen molar-refractivity contribution in [2.75, 3.05) is 13.2 Å². The molecule has 0 amide bonds. The largest absolute Gasteiger partial charge is 0.465 e. The van der Waals surface area contributed by atoms with Crippen LogP contribution in [0, 0.1) is 11.3 Å². The van der Waals surface area contributed by atoms with E-state index in [2.05, 4.69) is 22.2 Å². The zero-order chi connectivity index (χ0) is 15.7. The molecule has 0 fully saturated rings. The maximum atomic E-state index is 11.8. The van der Waals surface area contributed by atoms with Crippen LogP contribution in [0.2, 0.25) is 0 Å². The highest BCUT2D eigenvalue weighted by Crippen LogP contribution is 2.17. The van der Waals surface area contributed by atoms with Crippen LogP contribution in [0.25, 0.3) is 10.4 Å². The lowest BCUT2D eigenvalue weighted by atomic mass is 9.97. The number of aryl methyl sites for hydroxylation is 1. The quantitative estimate of drug-likeness (QED) is 0.327. The molecular formula is C16H23N3O2. The molecule has 0 spiro atoms. The monoisotopic (exact) mass is 289 g/mol. The summed E-state index contributed by atoms with van der Waals surface area (Å²) >= 11 is 0. The fourth-order valence-electron chi connectivity index (χ4n) is 1.80. The van der Waals surface area contributed by atoms with Crippen molar-refractivity contribution in [1.29, 1.82) is 0 Å². The predicted octanol–water partition coefficient (Wildman–Crippen LogP) is 4.14. The van der Waals surface area contributed by atoms with Crippen LogP contribution in [0.4, 0.5) is 0 Å². The van der Waals surface area contributed by atoms with Gasteiger partial charge in [-0.25, -0.2) is 0 Å². The summed E-state index contributed by atoms with van der Waals surface area (Å²) in [5, 5.41) is 3.61. The van der Waals surface area contributed by atoms with Crippen molar-refractivity contribution in [2.45, 2.75) is 33.6 Å². The van der Waals surface area contributed by atoms with Gasteiger partial charge in [0, 0.05) is 11.5 Å². The average Bonchev–Trinajstić information content (AvgIpc) is 2.46. The van der Waals surface area contributed by atoms with Crippen molar-refractivity contribution in [3.63, 3.8) is 0 Å². The third-order valence-corrected chi connectivity index (χ3v) is 3.15. The summed E-state index contributed by atoms with van der Waals surface area (Å²) in [7, 11) is 0. The van der Waals surface area contributed by atoms with Crippen molar-refractivity contribution in [3.05, 3.63) is 46.3 Å². The minimum absolute atomic E-state index is 0.0485. The van der Waals surface area contributed by atoms with Gasteiger partial charge in [-0.1, -0.05) is 35.4 Å². The summed E-state index contributed by atoms with van der Waals surface area (Å²) in [4.78, 5) is 14.6. The number of esters is 1. The van der Waals surface area contributed by atoms with Gasteiger partial charge in [-0.05, 0) is 50.6 Å². The number of hydrogen-bond acceptors (Lipinski definition) is 3. The van der Waals surface area contributed by atoms with Crippen molar-refractivity contribution in [3.8, 4) is 0 Å². The summed E-state index contributed by atoms with van der Waals surface area (Å²) < 4.78 is 5.33. The predicted molar refractivity (Wildman–Crippen MR) is 82.7 cm³/mol. The van der Waals surface area contributed by atoms with Gasteiger partial charge in [-0.3, -0.25) is 4.79 Å². The molecule has 1 aromatic rings. The Morgan fingerprint density at radius 2 is 2.00 bits per heavy atom. The number of carbonyl (C=O) groups excluding carboxylic acids is 1. The molecule has 0 saturated heterocycles. The zero-order valence-corrected chi connectivity index (χ0v) is 13.0. The molecule has 0 heterocycles. The Bertz CT molecular complexity index is 488. The molecule has 0 aromatic heterocycles. The third-order valence-electron chi connectivity index (χ3n) is 3.15. The maximum absolute atomic E-state index is 11.8. The summed E-state index contributed by atoms with van der Waals surface area (Å²) in [6.45, 7) is 6.11. The molecule has 0 N–H and O–H groups in total. The van der Waals surface area contributed by atoms with Gasteiger partial charge in [0.05, 0.1) is 12.0 Å². The molecule has 0 bridgehead atoms. The Balaban J connectivity index is 2.51. The molecule has 0 radical (unpaired) electrons. The van der Waals surface area contributed by atoms with Crippen LogP contribution >= 0.6 is 0 Å². The van der Waals surface area contributed by atoms with Crippen LogP contribution in [0.15, 0.2) is 35.4 Å². The van der Waals surface area contributed by atoms with E-state index >= 15 is 0 Å². The Kier molecular flexibility index (Phi) is 6.76. The number of azide groups is 1. The Labute approximate surface area is 125 Å². The van der Waals surface area contributed by atoms with Gasteiger partial charge in [0.15, 0.2) is 0 Å². The number of nitrogens with zero attached hydrogens (tertiary/aromatic N) is 3. The fourth-order valence-corrected chi connectivity index (χ4v) is 1.80. The summed E-state index contributed by atoms with van der Waals surface area (Å²) in [6, 6.07) is 10.1. The van der Waals surface area contributed by atoms with Crippen LogP contribution in [0.1, 0.15) is 32.8 Å². The van der Waals surface area contributed by atoms with Crippen molar-refractivity contribution < 1.29 is 9.53 Å². The highest BCUT2D eigenvalue weighted by Gasteiger charge is 2.24. The van der Waals surface area contributed by atoms with Gasteiger partial charge >= 0.3 is 5.97 Å². The first kappa shape index (κ1) is 17.1. The van der Waals surface area contributed by atoms with Crippen LogP contribution in [0.5, 0.6) is 0 Å². The lowest BCUT2D eigenvalue weighted by Gasteiger charge is -2.20. The van der Waals surface area contributed by atoms with Crippen molar-refractivity contribution in [1.82, 2.24) is 0 Å². The first-order valence-electron chi connectivity index (χ1n) is 7.15. The number of rotatable bonds is 7. The fraction of sp³-hybridized carbons (Fsp3) is 0.562. The van der Waals surface area contributed by atoms with Crippen LogP contribution in [-0.4, -0.2) is 19.1 Å². The van der Waals surface area contributed by atoms with E-state index in [4.69, 9.17) is 10.3 Å². The van der Waals surface area contributed by atoms with Crippen molar-refractivity contribution >= 4 is 5.97 Å². The molecule has 5 heteroatoms. The molecule has 5 nitrogen and oxygen atoms in total. The zero-order valence-electron chi connectivity index (χ0n) is 13.0. The number of benzene rings is 1. The average molecular weight is 289 g/mol. The first-order valence-corrected chi connectivity index (χ1v) is 7.15. The van der Waals surface area contributed by atoms with Gasteiger partial charge in [0.1, 0.15) is 0 Å². The molecule has 1 unspecified atom stereocenters. The Hall–Kier alpha value is -2.00. The molecule has 1 aromatic carbocycles. The Morgan fingerprint density at radius 3 is 2.57 bits per heavy atom. The molecule has 1 atom stereocenters. The summed E-state index contributed by atoms with van der Waals surface area (Å²) in [5.41, 5.74) is 9.17. The van der Waals surface area contributed by atoms with Crippen LogP contribution < -0.4 is 0 Å². The molecule has 1 rings (SSSR count). The summed E-state index contributed by atoms with van der Waals surface area (Å²) in [6.07, 6.45) is 1.69. The topological polar surface area (TPSA) is 75.1 Å². The molecule has 114 valence electrons. The first-order chi connectivity index (χ1) is 9.93. The van der Waals surface area contributed by atoms with E-state index in [1.165, 1.54) is 5.56 Å². The molecular weight excluding hydrogens is 266 g/mol. The number of ether oxygens (including phenoxy) is 1. The van der Waals surface area contributed by atoms with Gasteiger partial charge in [-0.15, -0.1) is 0 Å². The second kappa shape index (κ2) is 8.32. The van der Waals surface area contributed by atoms with E-state index in [1.54, 1.807) is 0 Å². The van der Waals surface area contributed by atoms with E-state index in [0.29, 0.717) is 13.2 Å². The van der Waals surface area contributed by atoms with Gasteiger partial charge < -0.3 is 4.74 Å². The number of carbonyl (C=O) groups is 1. The minimum Gasteiger partial charge on any atom is -0.465 e. The molecule has 0 aliphatic heterocycles. The maximum Gasteiger partial charge on any atom is 0.311 e. The SMILES string of the molecule is CC(C)(C)C(=O)OCC(CCc1ccccc1)CN=[N+]=[N-]. The van der Waals surface area contributed by atoms with E-state index in [0.717, 1.165) is 12.8 Å². The van der Waals surface area contributed by atoms with E-state index in [1.807, 2.05) is 39.0 Å². The van der Waals surface area contributed by atoms with E-state index < -0.39 is 5.41 Å². The smallest absolute Gasteiger partial charge is 0.311 e. The minimum atomic E-state index is -0.511. The lowest BCUT2D eigenvalue weighted by Crippen LogP contribution is -2.26. The van der Waals surface area contributed by atoms with Crippen molar-refractivity contribution in [2.24, 2.45) is 16.4 Å². The van der Waals surface area contributed by atoms with Gasteiger partial charge in [-0.2, -0.15) is 0 Å². The standard InChI is InChI=1S/C16H23N3O2/c1-16(2,3)15(20)21-12-14(11-18-19-17)10-9-13-7-5-4-6-8-13/h4-8,14H,9-12H2,1-3H3. The van der Waals surface area contributed by atoms with Crippen LogP contribution in [-0.2, 0) is 16.0 Å². The van der Waals surface area contributed by atoms with E-state index in [9.17, 15) is 4.79 Å². The Morgan fingerprint density at radius 1 is 1.33 bits per heavy atom. The summed E-state index contributed by atoms with van der Waals surface area (Å²) in [5.74, 6) is -0.180. The second-order valence-electron chi connectivity index (χ2n) is 6.15. The molecule has 21 heavy (non-hydrogen) atoms. The van der Waals surface area contributed by atoms with Gasteiger partial charge in [0.25, 0.3) is 0 Å². The number of hydrogen-bond donors (Lipinski definition) is 0. The second-order valence-corrected chi connectivity index (χ2v) is 6.15. The molecule has 0 aliphatic rings. The molecule has 0 aliphatic carbocycles. The molecule has 0 saturated carbocycles. The highest BCUT2D eigenvalue weighted by atomic mass is 16.5. The normalized spacial score (nSPS) is 12.3. The lowest BCUT2D eigenvalue weighted by molar-refractivity contribution is -0.154. The van der Waals surface area contributed by atoms with Gasteiger partial charge in [0.2, 0.25) is 0 Å². The highest BCUT2D eigenvalue weighted by molar-refractivity contribution is 5.75. The third kappa shape index (κ3) is 6.82. The van der Waals surface area contributed by atoms with E-state index in [-0.39, 0.29) is 11.9 Å². The van der Waals surface area contributed by atoms with Crippen LogP contribution in [0.3, 0.4) is 0 Å².